The highest BCUT2D eigenvalue weighted by Gasteiger charge is 2.30. The van der Waals surface area contributed by atoms with Gasteiger partial charge in [0.15, 0.2) is 0 Å². The van der Waals surface area contributed by atoms with Gasteiger partial charge in [0.25, 0.3) is 0 Å². The fourth-order valence-corrected chi connectivity index (χ4v) is 1.64. The van der Waals surface area contributed by atoms with Gasteiger partial charge < -0.3 is 20.1 Å². The second-order valence-electron chi connectivity index (χ2n) is 3.37. The Kier molecular flexibility index (Phi) is 2.24. The lowest BCUT2D eigenvalue weighted by molar-refractivity contribution is 0.00866. The number of esters is 1. The maximum absolute atomic E-state index is 11.4. The summed E-state index contributed by atoms with van der Waals surface area (Å²) in [6.07, 6.45) is -0.449. The largest absolute Gasteiger partial charge is 0.508 e. The number of fused-ring (bicyclic) bond motifs is 1. The molecule has 80 valence electrons. The average molecular weight is 210 g/mol. The third kappa shape index (κ3) is 1.50. The van der Waals surface area contributed by atoms with Crippen LogP contribution in [0.15, 0.2) is 12.1 Å². The van der Waals surface area contributed by atoms with Crippen LogP contribution in [0.3, 0.4) is 0 Å². The standard InChI is InChI=1S/C10H10O5/c11-4-5-3-6-7(12)1-2-8(13)9(6)10(14)15-5/h1-2,5,11-13H,3-4H2. The first-order valence-corrected chi connectivity index (χ1v) is 4.49. The molecule has 1 atom stereocenters. The summed E-state index contributed by atoms with van der Waals surface area (Å²) in [5, 5.41) is 27.8. The van der Waals surface area contributed by atoms with E-state index in [9.17, 15) is 15.0 Å². The number of hydrogen-bond donors (Lipinski definition) is 3. The highest BCUT2D eigenvalue weighted by molar-refractivity contribution is 5.96. The van der Waals surface area contributed by atoms with Crippen LogP contribution in [0, 0.1) is 0 Å². The molecular weight excluding hydrogens is 200 g/mol. The second-order valence-corrected chi connectivity index (χ2v) is 3.37. The molecule has 0 saturated carbocycles. The SMILES string of the molecule is O=C1OC(CO)Cc2c(O)ccc(O)c21. The molecule has 2 rings (SSSR count). The Bertz CT molecular complexity index is 413. The average Bonchev–Trinajstić information content (AvgIpc) is 2.23. The molecule has 0 fully saturated rings. The van der Waals surface area contributed by atoms with Crippen LogP contribution in [0.2, 0.25) is 0 Å². The van der Waals surface area contributed by atoms with Crippen LogP contribution in [-0.4, -0.2) is 34.0 Å². The highest BCUT2D eigenvalue weighted by atomic mass is 16.6. The van der Waals surface area contributed by atoms with Gasteiger partial charge in [0.2, 0.25) is 0 Å². The summed E-state index contributed by atoms with van der Waals surface area (Å²) < 4.78 is 4.84. The molecule has 0 amide bonds. The third-order valence-corrected chi connectivity index (χ3v) is 2.38. The van der Waals surface area contributed by atoms with Gasteiger partial charge in [-0.15, -0.1) is 0 Å². The third-order valence-electron chi connectivity index (χ3n) is 2.38. The monoisotopic (exact) mass is 210 g/mol. The molecule has 1 unspecified atom stereocenters. The number of benzene rings is 1. The van der Waals surface area contributed by atoms with Crippen molar-refractivity contribution in [1.29, 1.82) is 0 Å². The zero-order valence-corrected chi connectivity index (χ0v) is 7.80. The van der Waals surface area contributed by atoms with Crippen molar-refractivity contribution in [3.05, 3.63) is 23.3 Å². The summed E-state index contributed by atoms with van der Waals surface area (Å²) in [5.41, 5.74) is 0.310. The van der Waals surface area contributed by atoms with Crippen LogP contribution in [0.5, 0.6) is 11.5 Å². The smallest absolute Gasteiger partial charge is 0.342 e. The van der Waals surface area contributed by atoms with Crippen molar-refractivity contribution in [2.24, 2.45) is 0 Å². The Morgan fingerprint density at radius 2 is 2.00 bits per heavy atom. The summed E-state index contributed by atoms with van der Waals surface area (Å²) in [6.45, 7) is -0.305. The maximum Gasteiger partial charge on any atom is 0.342 e. The Balaban J connectivity index is 2.53. The number of hydrogen-bond acceptors (Lipinski definition) is 5. The first-order chi connectivity index (χ1) is 7.13. The van der Waals surface area contributed by atoms with E-state index in [4.69, 9.17) is 9.84 Å². The van der Waals surface area contributed by atoms with E-state index < -0.39 is 12.1 Å². The Hall–Kier alpha value is -1.75. The first-order valence-electron chi connectivity index (χ1n) is 4.49. The number of aliphatic hydroxyl groups is 1. The molecule has 15 heavy (non-hydrogen) atoms. The van der Waals surface area contributed by atoms with Gasteiger partial charge in [-0.2, -0.15) is 0 Å². The number of aliphatic hydroxyl groups excluding tert-OH is 1. The maximum atomic E-state index is 11.4. The number of carbonyl (C=O) groups excluding carboxylic acids is 1. The van der Waals surface area contributed by atoms with Crippen molar-refractivity contribution < 1.29 is 24.9 Å². The van der Waals surface area contributed by atoms with Gasteiger partial charge in [-0.1, -0.05) is 0 Å². The lowest BCUT2D eigenvalue weighted by atomic mass is 9.97. The molecule has 0 spiro atoms. The van der Waals surface area contributed by atoms with E-state index in [-0.39, 0.29) is 30.1 Å². The first kappa shape index (κ1) is 9.79. The number of aromatic hydroxyl groups is 2. The molecule has 0 aromatic heterocycles. The molecule has 0 radical (unpaired) electrons. The van der Waals surface area contributed by atoms with Gasteiger partial charge in [-0.3, -0.25) is 0 Å². The topological polar surface area (TPSA) is 87.0 Å². The van der Waals surface area contributed by atoms with Crippen LogP contribution < -0.4 is 0 Å². The van der Waals surface area contributed by atoms with Crippen LogP contribution >= 0.6 is 0 Å². The van der Waals surface area contributed by atoms with Gasteiger partial charge in [0, 0.05) is 12.0 Å². The number of rotatable bonds is 1. The van der Waals surface area contributed by atoms with Crippen molar-refractivity contribution in [3.8, 4) is 11.5 Å². The van der Waals surface area contributed by atoms with E-state index in [0.29, 0.717) is 5.56 Å². The quantitative estimate of drug-likeness (QED) is 0.454. The molecule has 3 N–H and O–H groups in total. The van der Waals surface area contributed by atoms with Gasteiger partial charge in [-0.25, -0.2) is 4.79 Å². The van der Waals surface area contributed by atoms with Crippen LogP contribution in [0.25, 0.3) is 0 Å². The lowest BCUT2D eigenvalue weighted by Crippen LogP contribution is -2.30. The minimum Gasteiger partial charge on any atom is -0.508 e. The number of cyclic esters (lactones) is 1. The summed E-state index contributed by atoms with van der Waals surface area (Å²) in [7, 11) is 0. The van der Waals surface area contributed by atoms with E-state index in [1.807, 2.05) is 0 Å². The van der Waals surface area contributed by atoms with Crippen molar-refractivity contribution in [3.63, 3.8) is 0 Å². The highest BCUT2D eigenvalue weighted by Crippen LogP contribution is 2.34. The van der Waals surface area contributed by atoms with Gasteiger partial charge in [-0.05, 0) is 12.1 Å². The molecule has 1 aliphatic heterocycles. The molecule has 5 heteroatoms. The van der Waals surface area contributed by atoms with E-state index >= 15 is 0 Å². The van der Waals surface area contributed by atoms with Gasteiger partial charge >= 0.3 is 5.97 Å². The summed E-state index contributed by atoms with van der Waals surface area (Å²) in [4.78, 5) is 11.4. The van der Waals surface area contributed by atoms with Crippen LogP contribution in [-0.2, 0) is 11.2 Å². The number of phenols is 2. The van der Waals surface area contributed by atoms with E-state index in [2.05, 4.69) is 0 Å². The molecule has 1 aliphatic rings. The van der Waals surface area contributed by atoms with Crippen LogP contribution in [0.1, 0.15) is 15.9 Å². The Morgan fingerprint density at radius 3 is 2.67 bits per heavy atom. The van der Waals surface area contributed by atoms with Crippen molar-refractivity contribution in [2.75, 3.05) is 6.61 Å². The predicted octanol–water partition coefficient (Wildman–Crippen LogP) is 0.172. The predicted molar refractivity (Wildman–Crippen MR) is 49.8 cm³/mol. The molecular formula is C10H10O5. The fourth-order valence-electron chi connectivity index (χ4n) is 1.64. The summed E-state index contributed by atoms with van der Waals surface area (Å²) >= 11 is 0. The molecule has 0 saturated heterocycles. The summed E-state index contributed by atoms with van der Waals surface area (Å²) in [5.74, 6) is -1.01. The molecule has 5 nitrogen and oxygen atoms in total. The molecule has 1 aromatic rings. The number of carbonyl (C=O) groups is 1. The summed E-state index contributed by atoms with van der Waals surface area (Å²) in [6, 6.07) is 2.54. The fraction of sp³-hybridized carbons (Fsp3) is 0.300. The molecule has 0 bridgehead atoms. The Labute approximate surface area is 85.5 Å². The van der Waals surface area contributed by atoms with Crippen LogP contribution in [0.4, 0.5) is 0 Å². The zero-order chi connectivity index (χ0) is 11.0. The van der Waals surface area contributed by atoms with E-state index in [0.717, 1.165) is 0 Å². The van der Waals surface area contributed by atoms with Crippen molar-refractivity contribution in [2.45, 2.75) is 12.5 Å². The second kappa shape index (κ2) is 3.43. The number of ether oxygens (including phenoxy) is 1. The molecule has 1 aromatic carbocycles. The van der Waals surface area contributed by atoms with Crippen molar-refractivity contribution in [1.82, 2.24) is 0 Å². The normalized spacial score (nSPS) is 19.5. The lowest BCUT2D eigenvalue weighted by Gasteiger charge is -2.24. The van der Waals surface area contributed by atoms with E-state index in [1.165, 1.54) is 12.1 Å². The number of phenolic OH excluding ortho intramolecular Hbond substituents is 2. The van der Waals surface area contributed by atoms with Gasteiger partial charge in [0.1, 0.15) is 23.2 Å². The minimum atomic E-state index is -0.719. The van der Waals surface area contributed by atoms with Crippen molar-refractivity contribution >= 4 is 5.97 Å². The zero-order valence-electron chi connectivity index (χ0n) is 7.80. The molecule has 1 heterocycles. The van der Waals surface area contributed by atoms with Gasteiger partial charge in [0.05, 0.1) is 6.61 Å². The molecule has 0 aliphatic carbocycles. The Morgan fingerprint density at radius 1 is 1.33 bits per heavy atom. The minimum absolute atomic E-state index is 0.0142. The van der Waals surface area contributed by atoms with E-state index in [1.54, 1.807) is 0 Å².